The molecule has 0 spiro atoms. The zero-order valence-electron chi connectivity index (χ0n) is 19.9. The zero-order valence-corrected chi connectivity index (χ0v) is 19.9. The highest BCUT2D eigenvalue weighted by molar-refractivity contribution is 6.16. The van der Waals surface area contributed by atoms with Gasteiger partial charge in [0.15, 0.2) is 0 Å². The van der Waals surface area contributed by atoms with Crippen LogP contribution in [0.1, 0.15) is 30.0 Å². The number of aryl methyl sites for hydroxylation is 1. The Kier molecular flexibility index (Phi) is 7.55. The summed E-state index contributed by atoms with van der Waals surface area (Å²) in [5, 5.41) is 5.74. The Labute approximate surface area is 204 Å². The Bertz CT molecular complexity index is 1210. The lowest BCUT2D eigenvalue weighted by Gasteiger charge is -2.24. The number of benzene rings is 3. The van der Waals surface area contributed by atoms with Crippen molar-refractivity contribution in [2.75, 3.05) is 18.5 Å². The average molecular weight is 473 g/mol. The molecule has 0 bridgehead atoms. The van der Waals surface area contributed by atoms with Crippen molar-refractivity contribution in [2.24, 2.45) is 4.99 Å². The molecule has 0 aromatic heterocycles. The molecular weight excluding hydrogens is 443 g/mol. The molecule has 180 valence electrons. The van der Waals surface area contributed by atoms with Crippen LogP contribution in [0.15, 0.2) is 83.9 Å². The van der Waals surface area contributed by atoms with Crippen molar-refractivity contribution in [2.45, 2.75) is 32.0 Å². The number of hydrogen-bond donors (Lipinski definition) is 2. The van der Waals surface area contributed by atoms with E-state index in [1.54, 1.807) is 19.1 Å². The number of nitrogens with zero attached hydrogens (tertiary/aromatic N) is 2. The molecule has 3 aromatic carbocycles. The molecule has 0 unspecified atom stereocenters. The summed E-state index contributed by atoms with van der Waals surface area (Å²) in [7, 11) is 1.97. The Hall–Kier alpha value is -4.00. The molecule has 6 nitrogen and oxygen atoms in total. The minimum absolute atomic E-state index is 0.209. The topological polar surface area (TPSA) is 73.8 Å². The van der Waals surface area contributed by atoms with Gasteiger partial charge in [-0.1, -0.05) is 60.7 Å². The lowest BCUT2D eigenvalue weighted by Crippen LogP contribution is -2.50. The van der Waals surface area contributed by atoms with E-state index in [1.165, 1.54) is 12.1 Å². The van der Waals surface area contributed by atoms with Gasteiger partial charge in [-0.15, -0.1) is 0 Å². The summed E-state index contributed by atoms with van der Waals surface area (Å²) in [5.74, 6) is -0.856. The number of halogens is 1. The Morgan fingerprint density at radius 1 is 1.03 bits per heavy atom. The average Bonchev–Trinajstić information content (AvgIpc) is 3.00. The predicted octanol–water partition coefficient (Wildman–Crippen LogP) is 3.69. The first-order valence-electron chi connectivity index (χ1n) is 11.7. The lowest BCUT2D eigenvalue weighted by molar-refractivity contribution is -0.128. The maximum absolute atomic E-state index is 13.1. The second kappa shape index (κ2) is 11.0. The Morgan fingerprint density at radius 3 is 2.46 bits per heavy atom. The Balaban J connectivity index is 1.43. The maximum Gasteiger partial charge on any atom is 0.243 e. The van der Waals surface area contributed by atoms with E-state index in [0.29, 0.717) is 13.0 Å². The SMILES string of the molecule is C[C@H](NC(=O)CCc1ccc(F)cc1)C(=O)N[C@@H]1CN(C)c2ccccc2C(c2ccccc2)=N1. The summed E-state index contributed by atoms with van der Waals surface area (Å²) in [6, 6.07) is 23.3. The van der Waals surface area contributed by atoms with Gasteiger partial charge in [-0.25, -0.2) is 4.39 Å². The van der Waals surface area contributed by atoms with Gasteiger partial charge in [0.2, 0.25) is 11.8 Å². The second-order valence-corrected chi connectivity index (χ2v) is 8.68. The molecule has 0 radical (unpaired) electrons. The number of likely N-dealkylation sites (N-methyl/N-ethyl adjacent to an activating group) is 1. The second-order valence-electron chi connectivity index (χ2n) is 8.68. The maximum atomic E-state index is 13.1. The van der Waals surface area contributed by atoms with E-state index in [4.69, 9.17) is 4.99 Å². The van der Waals surface area contributed by atoms with Crippen LogP contribution in [0.4, 0.5) is 10.1 Å². The van der Waals surface area contributed by atoms with E-state index < -0.39 is 12.2 Å². The van der Waals surface area contributed by atoms with Crippen molar-refractivity contribution >= 4 is 23.2 Å². The zero-order chi connectivity index (χ0) is 24.8. The van der Waals surface area contributed by atoms with Crippen molar-refractivity contribution in [3.05, 3.63) is 101 Å². The molecule has 1 aliphatic heterocycles. The standard InChI is InChI=1S/C28H29FN4O2/c1-19(30-26(34)17-14-20-12-15-22(29)16-13-20)28(35)32-25-18-33(2)24-11-7-6-10-23(24)27(31-25)21-8-4-3-5-9-21/h3-13,15-16,19,25H,14,17-18H2,1-2H3,(H,30,34)(H,32,35)/t19-,25+/m0/s1. The van der Waals surface area contributed by atoms with E-state index >= 15 is 0 Å². The third-order valence-corrected chi connectivity index (χ3v) is 5.98. The van der Waals surface area contributed by atoms with Gasteiger partial charge in [0, 0.05) is 30.3 Å². The van der Waals surface area contributed by atoms with Crippen molar-refractivity contribution in [1.82, 2.24) is 10.6 Å². The van der Waals surface area contributed by atoms with Crippen LogP contribution in [-0.4, -0.2) is 43.3 Å². The van der Waals surface area contributed by atoms with Crippen molar-refractivity contribution in [3.63, 3.8) is 0 Å². The van der Waals surface area contributed by atoms with Gasteiger partial charge >= 0.3 is 0 Å². The molecule has 2 atom stereocenters. The summed E-state index contributed by atoms with van der Waals surface area (Å²) < 4.78 is 13.1. The number of aliphatic imine (C=N–C) groups is 1. The predicted molar refractivity (Wildman–Crippen MR) is 136 cm³/mol. The number of fused-ring (bicyclic) bond motifs is 1. The first kappa shape index (κ1) is 24.1. The van der Waals surface area contributed by atoms with Crippen LogP contribution in [0.25, 0.3) is 0 Å². The van der Waals surface area contributed by atoms with Gasteiger partial charge in [0.05, 0.1) is 12.3 Å². The number of carbonyl (C=O) groups is 2. The summed E-state index contributed by atoms with van der Waals surface area (Å²) in [5.41, 5.74) is 4.68. The van der Waals surface area contributed by atoms with Gasteiger partial charge in [0.25, 0.3) is 0 Å². The minimum Gasteiger partial charge on any atom is -0.370 e. The van der Waals surface area contributed by atoms with E-state index in [-0.39, 0.29) is 24.1 Å². The van der Waals surface area contributed by atoms with E-state index in [0.717, 1.165) is 28.1 Å². The molecule has 0 saturated heterocycles. The monoisotopic (exact) mass is 472 g/mol. The van der Waals surface area contributed by atoms with E-state index in [1.807, 2.05) is 61.6 Å². The molecule has 2 N–H and O–H groups in total. The van der Waals surface area contributed by atoms with Crippen molar-refractivity contribution in [3.8, 4) is 0 Å². The molecule has 7 heteroatoms. The van der Waals surface area contributed by atoms with Crippen LogP contribution in [0.3, 0.4) is 0 Å². The number of benzodiazepines with no additional fused rings is 1. The largest absolute Gasteiger partial charge is 0.370 e. The fourth-order valence-corrected chi connectivity index (χ4v) is 4.11. The highest BCUT2D eigenvalue weighted by Gasteiger charge is 2.25. The minimum atomic E-state index is -0.720. The Morgan fingerprint density at radius 2 is 1.71 bits per heavy atom. The van der Waals surface area contributed by atoms with Crippen LogP contribution in [0.2, 0.25) is 0 Å². The highest BCUT2D eigenvalue weighted by Crippen LogP contribution is 2.26. The third kappa shape index (κ3) is 6.12. The van der Waals surface area contributed by atoms with Gasteiger partial charge in [-0.3, -0.25) is 14.6 Å². The quantitative estimate of drug-likeness (QED) is 0.551. The fourth-order valence-electron chi connectivity index (χ4n) is 4.11. The van der Waals surface area contributed by atoms with Crippen LogP contribution in [0.5, 0.6) is 0 Å². The molecule has 35 heavy (non-hydrogen) atoms. The first-order chi connectivity index (χ1) is 16.9. The molecule has 1 heterocycles. The summed E-state index contributed by atoms with van der Waals surface area (Å²) in [6.07, 6.45) is 0.186. The molecule has 1 aliphatic rings. The lowest BCUT2D eigenvalue weighted by atomic mass is 10.0. The third-order valence-electron chi connectivity index (χ3n) is 5.98. The number of nitrogens with one attached hydrogen (secondary N) is 2. The number of hydrogen-bond acceptors (Lipinski definition) is 4. The van der Waals surface area contributed by atoms with E-state index in [2.05, 4.69) is 15.5 Å². The molecule has 3 aromatic rings. The smallest absolute Gasteiger partial charge is 0.243 e. The van der Waals surface area contributed by atoms with Gasteiger partial charge in [-0.05, 0) is 37.1 Å². The van der Waals surface area contributed by atoms with Gasteiger partial charge in [0.1, 0.15) is 18.0 Å². The van der Waals surface area contributed by atoms with Crippen LogP contribution >= 0.6 is 0 Å². The highest BCUT2D eigenvalue weighted by atomic mass is 19.1. The van der Waals surface area contributed by atoms with Crippen LogP contribution in [-0.2, 0) is 16.0 Å². The van der Waals surface area contributed by atoms with Gasteiger partial charge < -0.3 is 15.5 Å². The van der Waals surface area contributed by atoms with Gasteiger partial charge in [-0.2, -0.15) is 0 Å². The van der Waals surface area contributed by atoms with Crippen molar-refractivity contribution < 1.29 is 14.0 Å². The summed E-state index contributed by atoms with van der Waals surface area (Å²) in [6.45, 7) is 2.15. The van der Waals surface area contributed by atoms with E-state index in [9.17, 15) is 14.0 Å². The van der Waals surface area contributed by atoms with Crippen molar-refractivity contribution in [1.29, 1.82) is 0 Å². The number of carbonyl (C=O) groups excluding carboxylic acids is 2. The molecule has 4 rings (SSSR count). The number of anilines is 1. The summed E-state index contributed by atoms with van der Waals surface area (Å²) in [4.78, 5) is 32.3. The number of rotatable bonds is 7. The normalized spacial score (nSPS) is 15.9. The molecule has 0 saturated carbocycles. The number of para-hydroxylation sites is 1. The molecule has 2 amide bonds. The first-order valence-corrected chi connectivity index (χ1v) is 11.7. The van der Waals surface area contributed by atoms with Crippen LogP contribution < -0.4 is 15.5 Å². The molecular formula is C28H29FN4O2. The molecule has 0 aliphatic carbocycles. The number of amides is 2. The van der Waals surface area contributed by atoms with Crippen LogP contribution in [0, 0.1) is 5.82 Å². The molecule has 0 fully saturated rings. The fraction of sp³-hybridized carbons (Fsp3) is 0.250. The summed E-state index contributed by atoms with van der Waals surface area (Å²) >= 11 is 0.